The molecular formula is C16H32N2O. The predicted octanol–water partition coefficient (Wildman–Crippen LogP) is 3.24. The summed E-state index contributed by atoms with van der Waals surface area (Å²) < 4.78 is 0. The van der Waals surface area contributed by atoms with Gasteiger partial charge in [0.2, 0.25) is 5.91 Å². The van der Waals surface area contributed by atoms with Gasteiger partial charge in [0, 0.05) is 6.54 Å². The molecule has 1 rings (SSSR count). The van der Waals surface area contributed by atoms with E-state index >= 15 is 0 Å². The Morgan fingerprint density at radius 1 is 1.26 bits per heavy atom. The van der Waals surface area contributed by atoms with Gasteiger partial charge in [-0.05, 0) is 38.1 Å². The van der Waals surface area contributed by atoms with Crippen LogP contribution in [0.2, 0.25) is 0 Å². The number of carbonyl (C=O) groups excluding carboxylic acids is 1. The lowest BCUT2D eigenvalue weighted by Crippen LogP contribution is -2.53. The van der Waals surface area contributed by atoms with E-state index in [0.717, 1.165) is 44.7 Å². The SMILES string of the molecule is CCC1(C(=O)NCCCCCCC(C)C)CCCN1. The maximum absolute atomic E-state index is 12.2. The summed E-state index contributed by atoms with van der Waals surface area (Å²) in [6.45, 7) is 8.47. The summed E-state index contributed by atoms with van der Waals surface area (Å²) in [5.41, 5.74) is -0.266. The van der Waals surface area contributed by atoms with E-state index in [2.05, 4.69) is 31.4 Å². The smallest absolute Gasteiger partial charge is 0.240 e. The van der Waals surface area contributed by atoms with Crippen molar-refractivity contribution in [3.63, 3.8) is 0 Å². The Kier molecular flexibility index (Phi) is 7.44. The molecule has 2 N–H and O–H groups in total. The fourth-order valence-electron chi connectivity index (χ4n) is 2.86. The molecule has 1 unspecified atom stereocenters. The van der Waals surface area contributed by atoms with Crippen molar-refractivity contribution >= 4 is 5.91 Å². The van der Waals surface area contributed by atoms with Crippen LogP contribution in [0.1, 0.15) is 72.1 Å². The monoisotopic (exact) mass is 268 g/mol. The first-order chi connectivity index (χ1) is 9.10. The lowest BCUT2D eigenvalue weighted by Gasteiger charge is -2.26. The zero-order chi connectivity index (χ0) is 14.1. The van der Waals surface area contributed by atoms with Crippen LogP contribution in [0.5, 0.6) is 0 Å². The second kappa shape index (κ2) is 8.57. The maximum Gasteiger partial charge on any atom is 0.240 e. The lowest BCUT2D eigenvalue weighted by atomic mass is 9.93. The van der Waals surface area contributed by atoms with Crippen molar-refractivity contribution in [2.75, 3.05) is 13.1 Å². The van der Waals surface area contributed by atoms with Gasteiger partial charge in [-0.25, -0.2) is 0 Å². The molecule has 0 aliphatic carbocycles. The lowest BCUT2D eigenvalue weighted by molar-refractivity contribution is -0.127. The average molecular weight is 268 g/mol. The van der Waals surface area contributed by atoms with Crippen molar-refractivity contribution in [3.8, 4) is 0 Å². The maximum atomic E-state index is 12.2. The van der Waals surface area contributed by atoms with Crippen LogP contribution in [0.25, 0.3) is 0 Å². The summed E-state index contributed by atoms with van der Waals surface area (Å²) in [6, 6.07) is 0. The van der Waals surface area contributed by atoms with Gasteiger partial charge in [-0.1, -0.05) is 46.5 Å². The number of carbonyl (C=O) groups is 1. The summed E-state index contributed by atoms with van der Waals surface area (Å²) in [5, 5.41) is 6.50. The topological polar surface area (TPSA) is 41.1 Å². The van der Waals surface area contributed by atoms with Crippen LogP contribution in [-0.4, -0.2) is 24.5 Å². The van der Waals surface area contributed by atoms with Crippen LogP contribution < -0.4 is 10.6 Å². The first-order valence-corrected chi connectivity index (χ1v) is 8.14. The molecule has 1 amide bonds. The third kappa shape index (κ3) is 5.52. The van der Waals surface area contributed by atoms with E-state index < -0.39 is 0 Å². The largest absolute Gasteiger partial charge is 0.354 e. The highest BCUT2D eigenvalue weighted by Crippen LogP contribution is 2.23. The Morgan fingerprint density at radius 3 is 2.58 bits per heavy atom. The molecule has 0 aromatic heterocycles. The van der Waals surface area contributed by atoms with Gasteiger partial charge in [-0.2, -0.15) is 0 Å². The minimum absolute atomic E-state index is 0.217. The van der Waals surface area contributed by atoms with Crippen LogP contribution in [-0.2, 0) is 4.79 Å². The molecule has 19 heavy (non-hydrogen) atoms. The van der Waals surface area contributed by atoms with E-state index in [1.165, 1.54) is 25.7 Å². The summed E-state index contributed by atoms with van der Waals surface area (Å²) >= 11 is 0. The highest BCUT2D eigenvalue weighted by atomic mass is 16.2. The molecule has 3 nitrogen and oxygen atoms in total. The van der Waals surface area contributed by atoms with Gasteiger partial charge in [0.15, 0.2) is 0 Å². The van der Waals surface area contributed by atoms with E-state index in [4.69, 9.17) is 0 Å². The first-order valence-electron chi connectivity index (χ1n) is 8.14. The molecule has 1 fully saturated rings. The normalized spacial score (nSPS) is 22.9. The molecule has 1 aliphatic rings. The Morgan fingerprint density at radius 2 is 2.00 bits per heavy atom. The third-order valence-electron chi connectivity index (χ3n) is 4.28. The standard InChI is InChI=1S/C16H32N2O/c1-4-16(11-9-13-18-16)15(19)17-12-8-6-5-7-10-14(2)3/h14,18H,4-13H2,1-3H3,(H,17,19). The Labute approximate surface area is 118 Å². The number of nitrogens with one attached hydrogen (secondary N) is 2. The van der Waals surface area contributed by atoms with E-state index in [9.17, 15) is 4.79 Å². The molecule has 0 saturated carbocycles. The Bertz CT molecular complexity index is 257. The van der Waals surface area contributed by atoms with Crippen molar-refractivity contribution in [2.24, 2.45) is 5.92 Å². The third-order valence-corrected chi connectivity index (χ3v) is 4.28. The molecule has 1 saturated heterocycles. The minimum atomic E-state index is -0.266. The molecule has 0 radical (unpaired) electrons. The highest BCUT2D eigenvalue weighted by Gasteiger charge is 2.38. The van der Waals surface area contributed by atoms with Gasteiger partial charge >= 0.3 is 0 Å². The molecular weight excluding hydrogens is 236 g/mol. The van der Waals surface area contributed by atoms with Gasteiger partial charge in [-0.3, -0.25) is 4.79 Å². The van der Waals surface area contributed by atoms with E-state index in [1.54, 1.807) is 0 Å². The van der Waals surface area contributed by atoms with E-state index in [-0.39, 0.29) is 11.4 Å². The van der Waals surface area contributed by atoms with Gasteiger partial charge in [-0.15, -0.1) is 0 Å². The van der Waals surface area contributed by atoms with E-state index in [1.807, 2.05) is 0 Å². The quantitative estimate of drug-likeness (QED) is 0.630. The second-order valence-corrected chi connectivity index (χ2v) is 6.32. The predicted molar refractivity (Wildman–Crippen MR) is 81.2 cm³/mol. The zero-order valence-electron chi connectivity index (χ0n) is 13.1. The number of unbranched alkanes of at least 4 members (excludes halogenated alkanes) is 3. The molecule has 112 valence electrons. The molecule has 3 heteroatoms. The van der Waals surface area contributed by atoms with Crippen LogP contribution in [0.4, 0.5) is 0 Å². The van der Waals surface area contributed by atoms with Crippen LogP contribution >= 0.6 is 0 Å². The summed E-state index contributed by atoms with van der Waals surface area (Å²) in [7, 11) is 0. The van der Waals surface area contributed by atoms with Gasteiger partial charge in [0.25, 0.3) is 0 Å². The highest BCUT2D eigenvalue weighted by molar-refractivity contribution is 5.86. The van der Waals surface area contributed by atoms with Gasteiger partial charge in [0.05, 0.1) is 5.54 Å². The molecule has 0 aromatic rings. The first kappa shape index (κ1) is 16.5. The summed E-state index contributed by atoms with van der Waals surface area (Å²) in [4.78, 5) is 12.2. The van der Waals surface area contributed by atoms with Gasteiger partial charge < -0.3 is 10.6 Å². The van der Waals surface area contributed by atoms with Crippen LogP contribution in [0.15, 0.2) is 0 Å². The van der Waals surface area contributed by atoms with Crippen LogP contribution in [0.3, 0.4) is 0 Å². The number of rotatable bonds is 9. The van der Waals surface area contributed by atoms with Crippen molar-refractivity contribution in [3.05, 3.63) is 0 Å². The fourth-order valence-corrected chi connectivity index (χ4v) is 2.86. The molecule has 0 bridgehead atoms. The summed E-state index contributed by atoms with van der Waals surface area (Å²) in [5.74, 6) is 1.03. The fraction of sp³-hybridized carbons (Fsp3) is 0.938. The molecule has 1 aliphatic heterocycles. The second-order valence-electron chi connectivity index (χ2n) is 6.32. The van der Waals surface area contributed by atoms with Crippen molar-refractivity contribution in [2.45, 2.75) is 77.7 Å². The molecule has 1 heterocycles. The van der Waals surface area contributed by atoms with Crippen molar-refractivity contribution in [1.29, 1.82) is 0 Å². The van der Waals surface area contributed by atoms with Crippen molar-refractivity contribution < 1.29 is 4.79 Å². The average Bonchev–Trinajstić information content (AvgIpc) is 2.87. The summed E-state index contributed by atoms with van der Waals surface area (Å²) in [6.07, 6.45) is 9.31. The zero-order valence-corrected chi connectivity index (χ0v) is 13.1. The Balaban J connectivity index is 2.07. The Hall–Kier alpha value is -0.570. The minimum Gasteiger partial charge on any atom is -0.354 e. The molecule has 0 aromatic carbocycles. The number of amides is 1. The van der Waals surface area contributed by atoms with Crippen molar-refractivity contribution in [1.82, 2.24) is 10.6 Å². The van der Waals surface area contributed by atoms with Crippen LogP contribution in [0, 0.1) is 5.92 Å². The molecule has 1 atom stereocenters. The number of hydrogen-bond donors (Lipinski definition) is 2. The van der Waals surface area contributed by atoms with E-state index in [0.29, 0.717) is 0 Å². The molecule has 0 spiro atoms. The van der Waals surface area contributed by atoms with Gasteiger partial charge in [0.1, 0.15) is 0 Å². The number of hydrogen-bond acceptors (Lipinski definition) is 2.